The van der Waals surface area contributed by atoms with E-state index in [9.17, 15) is 4.79 Å². The van der Waals surface area contributed by atoms with Gasteiger partial charge < -0.3 is 14.3 Å². The average molecular weight is 330 g/mol. The van der Waals surface area contributed by atoms with Crippen molar-refractivity contribution in [3.05, 3.63) is 47.7 Å². The number of aromatic carboxylic acids is 1. The van der Waals surface area contributed by atoms with E-state index >= 15 is 0 Å². The van der Waals surface area contributed by atoms with E-state index in [1.54, 1.807) is 7.11 Å². The van der Waals surface area contributed by atoms with Crippen molar-refractivity contribution in [3.8, 4) is 5.75 Å². The number of hydrogen-bond donors (Lipinski definition) is 1. The van der Waals surface area contributed by atoms with Crippen molar-refractivity contribution in [1.29, 1.82) is 0 Å². The molecule has 1 fully saturated rings. The van der Waals surface area contributed by atoms with Crippen LogP contribution in [0.15, 0.2) is 34.9 Å². The molecular weight excluding hydrogens is 308 g/mol. The van der Waals surface area contributed by atoms with E-state index in [1.165, 1.54) is 11.8 Å². The molecule has 0 bridgehead atoms. The number of ether oxygens (including phenoxy) is 1. The van der Waals surface area contributed by atoms with Gasteiger partial charge in [-0.15, -0.1) is 0 Å². The zero-order valence-corrected chi connectivity index (χ0v) is 14.2. The van der Waals surface area contributed by atoms with Crippen molar-refractivity contribution < 1.29 is 19.1 Å². The van der Waals surface area contributed by atoms with Gasteiger partial charge in [0.1, 0.15) is 12.0 Å². The molecule has 1 aliphatic heterocycles. The molecule has 1 aromatic carbocycles. The van der Waals surface area contributed by atoms with Crippen molar-refractivity contribution in [2.75, 3.05) is 13.7 Å². The quantitative estimate of drug-likeness (QED) is 0.907. The summed E-state index contributed by atoms with van der Waals surface area (Å²) in [4.78, 5) is 17.3. The van der Waals surface area contributed by atoms with Crippen LogP contribution in [0.1, 0.15) is 48.1 Å². The van der Waals surface area contributed by atoms with Gasteiger partial charge in [0.15, 0.2) is 5.69 Å². The molecule has 0 radical (unpaired) electrons. The van der Waals surface area contributed by atoms with Crippen LogP contribution in [0.2, 0.25) is 0 Å². The lowest BCUT2D eigenvalue weighted by Crippen LogP contribution is -2.41. The standard InChI is InChI=1S/C18H22N2O4/c1-18(2)14(12-5-4-6-13(9-12)23-3)7-8-20(18)10-16-19-15(11-24-16)17(21)22/h4-6,9,11,14H,7-8,10H2,1-3H3,(H,21,22). The van der Waals surface area contributed by atoms with E-state index in [0.29, 0.717) is 18.4 Å². The average Bonchev–Trinajstić information content (AvgIpc) is 3.13. The van der Waals surface area contributed by atoms with E-state index in [0.717, 1.165) is 18.7 Å². The van der Waals surface area contributed by atoms with Crippen LogP contribution in [0.25, 0.3) is 0 Å². The topological polar surface area (TPSA) is 75.8 Å². The molecule has 0 saturated carbocycles. The van der Waals surface area contributed by atoms with Crippen LogP contribution in [0.5, 0.6) is 5.75 Å². The highest BCUT2D eigenvalue weighted by Crippen LogP contribution is 2.43. The van der Waals surface area contributed by atoms with Crippen molar-refractivity contribution in [3.63, 3.8) is 0 Å². The number of carbonyl (C=O) groups is 1. The highest BCUT2D eigenvalue weighted by molar-refractivity contribution is 5.84. The molecule has 6 heteroatoms. The summed E-state index contributed by atoms with van der Waals surface area (Å²) in [6.45, 7) is 5.80. The Morgan fingerprint density at radius 1 is 1.50 bits per heavy atom. The molecule has 128 valence electrons. The Balaban J connectivity index is 1.78. The predicted molar refractivity (Wildman–Crippen MR) is 88.3 cm³/mol. The SMILES string of the molecule is COc1cccc(C2CCN(Cc3nc(C(=O)O)co3)C2(C)C)c1. The third-order valence-corrected chi connectivity index (χ3v) is 4.95. The van der Waals surface area contributed by atoms with Crippen LogP contribution in [-0.4, -0.2) is 40.2 Å². The highest BCUT2D eigenvalue weighted by atomic mass is 16.5. The normalized spacial score (nSPS) is 20.2. The van der Waals surface area contributed by atoms with Gasteiger partial charge in [-0.2, -0.15) is 0 Å². The molecule has 0 aliphatic carbocycles. The molecule has 1 N–H and O–H groups in total. The number of likely N-dealkylation sites (tertiary alicyclic amines) is 1. The van der Waals surface area contributed by atoms with Crippen LogP contribution < -0.4 is 4.74 Å². The maximum atomic E-state index is 10.9. The number of aromatic nitrogens is 1. The summed E-state index contributed by atoms with van der Waals surface area (Å²) in [6, 6.07) is 8.18. The van der Waals surface area contributed by atoms with E-state index < -0.39 is 5.97 Å². The molecule has 1 aliphatic rings. The largest absolute Gasteiger partial charge is 0.497 e. The summed E-state index contributed by atoms with van der Waals surface area (Å²) in [5.41, 5.74) is 1.11. The third-order valence-electron chi connectivity index (χ3n) is 4.95. The van der Waals surface area contributed by atoms with Gasteiger partial charge in [-0.3, -0.25) is 4.90 Å². The number of rotatable bonds is 5. The molecular formula is C18H22N2O4. The third kappa shape index (κ3) is 3.01. The highest BCUT2D eigenvalue weighted by Gasteiger charge is 2.42. The minimum Gasteiger partial charge on any atom is -0.497 e. The lowest BCUT2D eigenvalue weighted by atomic mass is 9.82. The van der Waals surface area contributed by atoms with Crippen LogP contribution in [0.4, 0.5) is 0 Å². The van der Waals surface area contributed by atoms with Gasteiger partial charge >= 0.3 is 5.97 Å². The smallest absolute Gasteiger partial charge is 0.357 e. The monoisotopic (exact) mass is 330 g/mol. The van der Waals surface area contributed by atoms with E-state index in [1.807, 2.05) is 12.1 Å². The second-order valence-electron chi connectivity index (χ2n) is 6.62. The lowest BCUT2D eigenvalue weighted by Gasteiger charge is -2.35. The van der Waals surface area contributed by atoms with Crippen molar-refractivity contribution in [2.24, 2.45) is 0 Å². The molecule has 1 unspecified atom stereocenters. The van der Waals surface area contributed by atoms with Gasteiger partial charge in [0.05, 0.1) is 13.7 Å². The first-order valence-electron chi connectivity index (χ1n) is 7.98. The minimum absolute atomic E-state index is 0.0497. The van der Waals surface area contributed by atoms with Crippen LogP contribution in [0.3, 0.4) is 0 Å². The van der Waals surface area contributed by atoms with Gasteiger partial charge in [0.2, 0.25) is 5.89 Å². The number of nitrogens with zero attached hydrogens (tertiary/aromatic N) is 2. The Hall–Kier alpha value is -2.34. The Bertz CT molecular complexity index is 738. The molecule has 0 spiro atoms. The summed E-state index contributed by atoms with van der Waals surface area (Å²) in [7, 11) is 1.67. The molecule has 1 saturated heterocycles. The van der Waals surface area contributed by atoms with Crippen molar-refractivity contribution in [2.45, 2.75) is 38.3 Å². The number of oxazole rings is 1. The molecule has 1 atom stereocenters. The second kappa shape index (κ2) is 6.28. The van der Waals surface area contributed by atoms with Gasteiger partial charge in [0.25, 0.3) is 0 Å². The number of carboxylic acids is 1. The molecule has 1 aromatic heterocycles. The van der Waals surface area contributed by atoms with E-state index in [4.69, 9.17) is 14.3 Å². The zero-order valence-electron chi connectivity index (χ0n) is 14.2. The summed E-state index contributed by atoms with van der Waals surface area (Å²) < 4.78 is 10.6. The molecule has 3 rings (SSSR count). The van der Waals surface area contributed by atoms with Crippen LogP contribution in [-0.2, 0) is 6.54 Å². The zero-order chi connectivity index (χ0) is 17.3. The molecule has 0 amide bonds. The molecule has 2 aromatic rings. The first-order valence-corrected chi connectivity index (χ1v) is 7.98. The van der Waals surface area contributed by atoms with E-state index in [2.05, 4.69) is 35.9 Å². The fourth-order valence-corrected chi connectivity index (χ4v) is 3.51. The first kappa shape index (κ1) is 16.5. The Morgan fingerprint density at radius 2 is 2.29 bits per heavy atom. The Kier molecular flexibility index (Phi) is 4.32. The number of benzene rings is 1. The van der Waals surface area contributed by atoms with Crippen LogP contribution >= 0.6 is 0 Å². The van der Waals surface area contributed by atoms with Gasteiger partial charge in [-0.25, -0.2) is 9.78 Å². The van der Waals surface area contributed by atoms with Crippen molar-refractivity contribution >= 4 is 5.97 Å². The lowest BCUT2D eigenvalue weighted by molar-refractivity contribution is 0.0690. The molecule has 24 heavy (non-hydrogen) atoms. The number of carboxylic acid groups (broad SMARTS) is 1. The number of hydrogen-bond acceptors (Lipinski definition) is 5. The predicted octanol–water partition coefficient (Wildman–Crippen LogP) is 3.15. The van der Waals surface area contributed by atoms with Crippen LogP contribution in [0, 0.1) is 0 Å². The Morgan fingerprint density at radius 3 is 2.96 bits per heavy atom. The fraction of sp³-hybridized carbons (Fsp3) is 0.444. The molecule has 6 nitrogen and oxygen atoms in total. The summed E-state index contributed by atoms with van der Waals surface area (Å²) in [5, 5.41) is 8.95. The van der Waals surface area contributed by atoms with Gasteiger partial charge in [0, 0.05) is 11.5 Å². The molecule has 2 heterocycles. The summed E-state index contributed by atoms with van der Waals surface area (Å²) in [6.07, 6.45) is 2.22. The maximum Gasteiger partial charge on any atom is 0.357 e. The van der Waals surface area contributed by atoms with Crippen molar-refractivity contribution in [1.82, 2.24) is 9.88 Å². The number of methoxy groups -OCH3 is 1. The second-order valence-corrected chi connectivity index (χ2v) is 6.62. The summed E-state index contributed by atoms with van der Waals surface area (Å²) in [5.74, 6) is 0.591. The summed E-state index contributed by atoms with van der Waals surface area (Å²) >= 11 is 0. The Labute approximate surface area is 141 Å². The minimum atomic E-state index is -1.07. The fourth-order valence-electron chi connectivity index (χ4n) is 3.51. The maximum absolute atomic E-state index is 10.9. The van der Waals surface area contributed by atoms with Gasteiger partial charge in [-0.05, 0) is 44.5 Å². The van der Waals surface area contributed by atoms with E-state index in [-0.39, 0.29) is 11.2 Å². The first-order chi connectivity index (χ1) is 11.4. The van der Waals surface area contributed by atoms with Gasteiger partial charge in [-0.1, -0.05) is 12.1 Å².